The van der Waals surface area contributed by atoms with Crippen molar-refractivity contribution in [3.05, 3.63) is 93.5 Å². The Morgan fingerprint density at radius 1 is 0.872 bits per heavy atom. The summed E-state index contributed by atoms with van der Waals surface area (Å²) < 4.78 is 28.9. The highest BCUT2D eigenvalue weighted by Gasteiger charge is 2.33. The molecule has 2 amide bonds. The van der Waals surface area contributed by atoms with Gasteiger partial charge in [0.2, 0.25) is 11.8 Å². The predicted molar refractivity (Wildman–Crippen MR) is 157 cm³/mol. The van der Waals surface area contributed by atoms with Crippen LogP contribution in [0, 0.1) is 13.8 Å². The first-order valence-corrected chi connectivity index (χ1v) is 14.7. The SMILES string of the molecule is Cc1ccc(S(=O)(=O)N(CC(=O)N(Cc2ccc(Cl)cc2)C(C)C(=O)NC(C)C)c2cc(Cl)ccc2C)cc1. The van der Waals surface area contributed by atoms with Crippen LogP contribution in [0.2, 0.25) is 10.0 Å². The number of nitrogens with zero attached hydrogens (tertiary/aromatic N) is 2. The fourth-order valence-corrected chi connectivity index (χ4v) is 5.74. The summed E-state index contributed by atoms with van der Waals surface area (Å²) in [4.78, 5) is 28.3. The summed E-state index contributed by atoms with van der Waals surface area (Å²) in [6.07, 6.45) is 0. The molecule has 1 unspecified atom stereocenters. The third-order valence-corrected chi connectivity index (χ3v) is 8.45. The van der Waals surface area contributed by atoms with Crippen molar-refractivity contribution in [1.82, 2.24) is 10.2 Å². The minimum Gasteiger partial charge on any atom is -0.352 e. The number of aryl methyl sites for hydroxylation is 2. The van der Waals surface area contributed by atoms with Crippen LogP contribution >= 0.6 is 23.2 Å². The number of anilines is 1. The number of hydrogen-bond acceptors (Lipinski definition) is 4. The molecule has 0 saturated heterocycles. The number of amides is 2. The summed E-state index contributed by atoms with van der Waals surface area (Å²) in [6.45, 7) is 8.42. The molecule has 7 nitrogen and oxygen atoms in total. The summed E-state index contributed by atoms with van der Waals surface area (Å²) in [6, 6.07) is 17.2. The fraction of sp³-hybridized carbons (Fsp3) is 0.310. The Balaban J connectivity index is 2.07. The molecule has 0 fully saturated rings. The van der Waals surface area contributed by atoms with Crippen LogP contribution in [0.3, 0.4) is 0 Å². The van der Waals surface area contributed by atoms with Gasteiger partial charge in [0, 0.05) is 22.6 Å². The summed E-state index contributed by atoms with van der Waals surface area (Å²) in [5, 5.41) is 3.70. The quantitative estimate of drug-likeness (QED) is 0.326. The molecule has 3 rings (SSSR count). The van der Waals surface area contributed by atoms with Gasteiger partial charge in [0.15, 0.2) is 0 Å². The van der Waals surface area contributed by atoms with Crippen molar-refractivity contribution in [2.45, 2.75) is 58.1 Å². The van der Waals surface area contributed by atoms with Gasteiger partial charge in [-0.2, -0.15) is 0 Å². The van der Waals surface area contributed by atoms with Gasteiger partial charge >= 0.3 is 0 Å². The van der Waals surface area contributed by atoms with Crippen molar-refractivity contribution < 1.29 is 18.0 Å². The number of hydrogen-bond donors (Lipinski definition) is 1. The van der Waals surface area contributed by atoms with Crippen molar-refractivity contribution in [2.75, 3.05) is 10.8 Å². The second-order valence-corrected chi connectivity index (χ2v) is 12.5. The predicted octanol–water partition coefficient (Wildman–Crippen LogP) is 5.75. The molecular formula is C29H33Cl2N3O4S. The molecule has 0 aliphatic carbocycles. The highest BCUT2D eigenvalue weighted by Crippen LogP contribution is 2.30. The second-order valence-electron chi connectivity index (χ2n) is 9.74. The fourth-order valence-electron chi connectivity index (χ4n) is 3.98. The molecule has 1 N–H and O–H groups in total. The molecule has 3 aromatic carbocycles. The first-order chi connectivity index (χ1) is 18.3. The molecule has 0 radical (unpaired) electrons. The third kappa shape index (κ3) is 7.75. The lowest BCUT2D eigenvalue weighted by Crippen LogP contribution is -2.52. The Morgan fingerprint density at radius 3 is 2.05 bits per heavy atom. The maximum absolute atomic E-state index is 13.9. The number of carbonyl (C=O) groups is 2. The Morgan fingerprint density at radius 2 is 1.46 bits per heavy atom. The molecule has 0 bridgehead atoms. The van der Waals surface area contributed by atoms with E-state index >= 15 is 0 Å². The molecule has 208 valence electrons. The van der Waals surface area contributed by atoms with Gasteiger partial charge in [0.25, 0.3) is 10.0 Å². The van der Waals surface area contributed by atoms with E-state index in [9.17, 15) is 18.0 Å². The summed E-state index contributed by atoms with van der Waals surface area (Å²) >= 11 is 12.3. The van der Waals surface area contributed by atoms with E-state index in [2.05, 4.69) is 5.32 Å². The van der Waals surface area contributed by atoms with Crippen LogP contribution < -0.4 is 9.62 Å². The molecule has 10 heteroatoms. The van der Waals surface area contributed by atoms with Gasteiger partial charge in [-0.3, -0.25) is 13.9 Å². The number of benzene rings is 3. The van der Waals surface area contributed by atoms with Gasteiger partial charge in [-0.15, -0.1) is 0 Å². The zero-order valence-electron chi connectivity index (χ0n) is 22.6. The van der Waals surface area contributed by atoms with Crippen LogP contribution in [0.25, 0.3) is 0 Å². The van der Waals surface area contributed by atoms with E-state index in [1.165, 1.54) is 23.1 Å². The third-order valence-electron chi connectivity index (χ3n) is 6.19. The number of rotatable bonds is 10. The lowest BCUT2D eigenvalue weighted by Gasteiger charge is -2.32. The van der Waals surface area contributed by atoms with Crippen molar-refractivity contribution in [2.24, 2.45) is 0 Å². The maximum Gasteiger partial charge on any atom is 0.264 e. The minimum atomic E-state index is -4.17. The van der Waals surface area contributed by atoms with Gasteiger partial charge in [-0.05, 0) is 82.1 Å². The normalized spacial score (nSPS) is 12.2. The Bertz CT molecular complexity index is 1430. The Labute approximate surface area is 240 Å². The molecule has 39 heavy (non-hydrogen) atoms. The largest absolute Gasteiger partial charge is 0.352 e. The number of halogens is 2. The average Bonchev–Trinajstić information content (AvgIpc) is 2.87. The average molecular weight is 591 g/mol. The number of nitrogens with one attached hydrogen (secondary N) is 1. The van der Waals surface area contributed by atoms with Gasteiger partial charge in [0.1, 0.15) is 12.6 Å². The van der Waals surface area contributed by atoms with Gasteiger partial charge in [-0.25, -0.2) is 8.42 Å². The summed E-state index contributed by atoms with van der Waals surface area (Å²) in [5.74, 6) is -0.898. The maximum atomic E-state index is 13.9. The van der Waals surface area contributed by atoms with Crippen LogP contribution in [0.5, 0.6) is 0 Å². The van der Waals surface area contributed by atoms with E-state index in [1.807, 2.05) is 20.8 Å². The molecule has 0 aromatic heterocycles. The van der Waals surface area contributed by atoms with Gasteiger partial charge < -0.3 is 10.2 Å². The molecular weight excluding hydrogens is 557 g/mol. The van der Waals surface area contributed by atoms with Crippen LogP contribution in [0.1, 0.15) is 37.5 Å². The van der Waals surface area contributed by atoms with Crippen LogP contribution in [0.4, 0.5) is 5.69 Å². The molecule has 0 aliphatic rings. The second kappa shape index (κ2) is 12.9. The highest BCUT2D eigenvalue weighted by molar-refractivity contribution is 7.92. The number of sulfonamides is 1. The van der Waals surface area contributed by atoms with Crippen molar-refractivity contribution in [3.8, 4) is 0 Å². The Hall–Kier alpha value is -3.07. The van der Waals surface area contributed by atoms with Crippen LogP contribution in [-0.2, 0) is 26.2 Å². The van der Waals surface area contributed by atoms with Gasteiger partial charge in [-0.1, -0.05) is 59.1 Å². The van der Waals surface area contributed by atoms with Gasteiger partial charge in [0.05, 0.1) is 10.6 Å². The van der Waals surface area contributed by atoms with E-state index < -0.39 is 28.5 Å². The molecule has 3 aromatic rings. The van der Waals surface area contributed by atoms with Crippen molar-refractivity contribution >= 4 is 50.7 Å². The molecule has 0 heterocycles. The zero-order valence-corrected chi connectivity index (χ0v) is 24.9. The first-order valence-electron chi connectivity index (χ1n) is 12.5. The number of carbonyl (C=O) groups excluding carboxylic acids is 2. The molecule has 0 saturated carbocycles. The van der Waals surface area contributed by atoms with E-state index in [0.29, 0.717) is 15.6 Å². The smallest absolute Gasteiger partial charge is 0.264 e. The van der Waals surface area contributed by atoms with Crippen LogP contribution in [-0.4, -0.2) is 43.8 Å². The first kappa shape index (κ1) is 30.5. The van der Waals surface area contributed by atoms with E-state index in [1.54, 1.807) is 62.4 Å². The van der Waals surface area contributed by atoms with E-state index in [-0.39, 0.29) is 29.1 Å². The topological polar surface area (TPSA) is 86.8 Å². The lowest BCUT2D eigenvalue weighted by molar-refractivity contribution is -0.139. The lowest BCUT2D eigenvalue weighted by atomic mass is 10.1. The monoisotopic (exact) mass is 589 g/mol. The van der Waals surface area contributed by atoms with Crippen LogP contribution in [0.15, 0.2) is 71.6 Å². The van der Waals surface area contributed by atoms with Crippen molar-refractivity contribution in [1.29, 1.82) is 0 Å². The molecule has 0 spiro atoms. The Kier molecular flexibility index (Phi) is 10.0. The molecule has 0 aliphatic heterocycles. The molecule has 1 atom stereocenters. The highest BCUT2D eigenvalue weighted by atomic mass is 35.5. The summed E-state index contributed by atoms with van der Waals surface area (Å²) in [7, 11) is -4.17. The van der Waals surface area contributed by atoms with E-state index in [4.69, 9.17) is 23.2 Å². The summed E-state index contributed by atoms with van der Waals surface area (Å²) in [5.41, 5.74) is 2.54. The zero-order chi connectivity index (χ0) is 28.9. The van der Waals surface area contributed by atoms with E-state index in [0.717, 1.165) is 15.4 Å². The standard InChI is InChI=1S/C29H33Cl2N3O4S/c1-19(2)32-29(36)22(5)33(17-23-9-12-24(30)13-10-23)28(35)18-34(27-16-25(31)11-8-21(27)4)39(37,38)26-14-6-20(3)7-15-26/h6-16,19,22H,17-18H2,1-5H3,(H,32,36). The minimum absolute atomic E-state index is 0.0372. The van der Waals surface area contributed by atoms with Crippen molar-refractivity contribution in [3.63, 3.8) is 0 Å².